The Labute approximate surface area is 109 Å². The molecule has 1 aromatic rings. The van der Waals surface area contributed by atoms with E-state index in [0.717, 1.165) is 0 Å². The maximum Gasteiger partial charge on any atom is 0.296 e. The van der Waals surface area contributed by atoms with Gasteiger partial charge in [-0.1, -0.05) is 6.07 Å². The predicted octanol–water partition coefficient (Wildman–Crippen LogP) is 1.52. The summed E-state index contributed by atoms with van der Waals surface area (Å²) in [5.74, 6) is 0.207. The molecule has 0 aliphatic carbocycles. The summed E-state index contributed by atoms with van der Waals surface area (Å²) in [6.07, 6.45) is 1.54. The smallest absolute Gasteiger partial charge is 0.296 e. The summed E-state index contributed by atoms with van der Waals surface area (Å²) in [6.45, 7) is 0. The van der Waals surface area contributed by atoms with E-state index in [2.05, 4.69) is 0 Å². The van der Waals surface area contributed by atoms with Gasteiger partial charge in [-0.05, 0) is 36.0 Å². The number of phenols is 1. The summed E-state index contributed by atoms with van der Waals surface area (Å²) >= 11 is 4.86. The molecular weight excluding hydrogens is 254 g/mol. The number of hydrogen-bond donors (Lipinski definition) is 1. The first-order chi connectivity index (χ1) is 8.52. The fraction of sp³-hybridized carbons (Fsp3) is 0.167. The minimum Gasteiger partial charge on any atom is -0.504 e. The lowest BCUT2D eigenvalue weighted by atomic mass is 10.1. The van der Waals surface area contributed by atoms with Crippen LogP contribution in [-0.4, -0.2) is 35.2 Å². The van der Waals surface area contributed by atoms with E-state index >= 15 is 0 Å². The maximum atomic E-state index is 11.7. The lowest BCUT2D eigenvalue weighted by Gasteiger charge is -2.04. The van der Waals surface area contributed by atoms with E-state index in [0.29, 0.717) is 11.3 Å². The number of carbonyl (C=O) groups excluding carboxylic acids is 1. The van der Waals surface area contributed by atoms with E-state index in [1.165, 1.54) is 18.1 Å². The van der Waals surface area contributed by atoms with Gasteiger partial charge >= 0.3 is 0 Å². The van der Waals surface area contributed by atoms with Crippen LogP contribution < -0.4 is 4.74 Å². The highest BCUT2D eigenvalue weighted by molar-refractivity contribution is 7.80. The Morgan fingerprint density at radius 2 is 2.22 bits per heavy atom. The van der Waals surface area contributed by atoms with Crippen molar-refractivity contribution < 1.29 is 19.4 Å². The molecular formula is C12H11NO4S. The zero-order valence-corrected chi connectivity index (χ0v) is 10.7. The minimum absolute atomic E-state index is 0.0333. The number of nitrogens with zero attached hydrogens (tertiary/aromatic N) is 1. The summed E-state index contributed by atoms with van der Waals surface area (Å²) in [5, 5.41) is 9.58. The number of likely N-dealkylation sites (N-methyl/N-ethyl adjacent to an activating group) is 1. The molecule has 0 unspecified atom stereocenters. The minimum atomic E-state index is -0.299. The fourth-order valence-electron chi connectivity index (χ4n) is 1.48. The lowest BCUT2D eigenvalue weighted by molar-refractivity contribution is -0.122. The van der Waals surface area contributed by atoms with Gasteiger partial charge in [-0.3, -0.25) is 9.69 Å². The van der Waals surface area contributed by atoms with Crippen LogP contribution in [0.2, 0.25) is 0 Å². The second kappa shape index (κ2) is 4.66. The average Bonchev–Trinajstić information content (AvgIpc) is 2.59. The quantitative estimate of drug-likeness (QED) is 0.649. The van der Waals surface area contributed by atoms with E-state index < -0.39 is 0 Å². The molecule has 6 heteroatoms. The molecule has 94 valence electrons. The average molecular weight is 265 g/mol. The van der Waals surface area contributed by atoms with Gasteiger partial charge in [0.2, 0.25) is 0 Å². The largest absolute Gasteiger partial charge is 0.504 e. The van der Waals surface area contributed by atoms with Crippen molar-refractivity contribution in [3.63, 3.8) is 0 Å². The van der Waals surface area contributed by atoms with E-state index in [4.69, 9.17) is 21.7 Å². The first kappa shape index (κ1) is 12.4. The molecule has 0 atom stereocenters. The molecule has 1 aromatic carbocycles. The van der Waals surface area contributed by atoms with Crippen molar-refractivity contribution in [1.29, 1.82) is 0 Å². The molecule has 2 rings (SSSR count). The zero-order chi connectivity index (χ0) is 13.3. The first-order valence-corrected chi connectivity index (χ1v) is 5.52. The Bertz CT molecular complexity index is 553. The van der Waals surface area contributed by atoms with E-state index in [9.17, 15) is 9.90 Å². The third kappa shape index (κ3) is 2.14. The van der Waals surface area contributed by atoms with Crippen molar-refractivity contribution in [1.82, 2.24) is 4.90 Å². The molecule has 0 radical (unpaired) electrons. The second-order valence-electron chi connectivity index (χ2n) is 3.67. The number of benzene rings is 1. The van der Waals surface area contributed by atoms with Crippen molar-refractivity contribution in [3.8, 4) is 11.5 Å². The van der Waals surface area contributed by atoms with Gasteiger partial charge in [0, 0.05) is 7.05 Å². The topological polar surface area (TPSA) is 59.0 Å². The molecule has 5 nitrogen and oxygen atoms in total. The molecule has 1 saturated heterocycles. The van der Waals surface area contributed by atoms with Crippen molar-refractivity contribution >= 4 is 29.4 Å². The van der Waals surface area contributed by atoms with Crippen molar-refractivity contribution in [2.24, 2.45) is 0 Å². The Kier molecular flexibility index (Phi) is 3.20. The van der Waals surface area contributed by atoms with Gasteiger partial charge in [0.1, 0.15) is 0 Å². The Morgan fingerprint density at radius 1 is 1.50 bits per heavy atom. The number of carbonyl (C=O) groups is 1. The molecule has 0 aromatic heterocycles. The van der Waals surface area contributed by atoms with Crippen LogP contribution in [0, 0.1) is 0 Å². The van der Waals surface area contributed by atoms with Gasteiger partial charge in [0.25, 0.3) is 11.1 Å². The molecule has 1 aliphatic rings. The van der Waals surface area contributed by atoms with E-state index in [1.54, 1.807) is 25.3 Å². The Morgan fingerprint density at radius 3 is 2.78 bits per heavy atom. The van der Waals surface area contributed by atoms with Crippen LogP contribution in [0.4, 0.5) is 0 Å². The number of hydrogen-bond acceptors (Lipinski definition) is 5. The van der Waals surface area contributed by atoms with Gasteiger partial charge in [-0.25, -0.2) is 0 Å². The SMILES string of the molecule is COc1cc(/C=C2\OC(=S)N(C)C2=O)ccc1O. The van der Waals surface area contributed by atoms with Gasteiger partial charge in [-0.15, -0.1) is 0 Å². The summed E-state index contributed by atoms with van der Waals surface area (Å²) < 4.78 is 10.1. The third-order valence-corrected chi connectivity index (χ3v) is 2.85. The molecule has 1 N–H and O–H groups in total. The van der Waals surface area contributed by atoms with Crippen molar-refractivity contribution in [3.05, 3.63) is 29.5 Å². The van der Waals surface area contributed by atoms with Crippen LogP contribution >= 0.6 is 12.2 Å². The standard InChI is InChI=1S/C12H11NO4S/c1-13-11(15)10(17-12(13)18)6-7-3-4-8(14)9(5-7)16-2/h3-6,14H,1-2H3/b10-6-. The first-order valence-electron chi connectivity index (χ1n) is 5.11. The number of rotatable bonds is 2. The maximum absolute atomic E-state index is 11.7. The fourth-order valence-corrected chi connectivity index (χ4v) is 1.65. The Balaban J connectivity index is 2.34. The van der Waals surface area contributed by atoms with Crippen LogP contribution in [-0.2, 0) is 9.53 Å². The third-order valence-electron chi connectivity index (χ3n) is 2.49. The monoisotopic (exact) mass is 265 g/mol. The molecule has 1 fully saturated rings. The number of phenolic OH excluding ortho intramolecular Hbond substituents is 1. The van der Waals surface area contributed by atoms with Crippen molar-refractivity contribution in [2.45, 2.75) is 0 Å². The van der Waals surface area contributed by atoms with Gasteiger partial charge in [0.05, 0.1) is 7.11 Å². The number of methoxy groups -OCH3 is 1. The number of aromatic hydroxyl groups is 1. The number of amides is 1. The molecule has 0 spiro atoms. The molecule has 1 heterocycles. The predicted molar refractivity (Wildman–Crippen MR) is 69.1 cm³/mol. The summed E-state index contributed by atoms with van der Waals surface area (Å²) in [7, 11) is 3.00. The molecule has 1 aliphatic heterocycles. The number of ether oxygens (including phenoxy) is 2. The molecule has 1 amide bonds. The summed E-state index contributed by atoms with van der Waals surface area (Å²) in [5.41, 5.74) is 0.672. The van der Waals surface area contributed by atoms with E-state index in [-0.39, 0.29) is 22.6 Å². The van der Waals surface area contributed by atoms with Gasteiger partial charge in [0.15, 0.2) is 17.3 Å². The van der Waals surface area contributed by atoms with Crippen molar-refractivity contribution in [2.75, 3.05) is 14.2 Å². The normalized spacial score (nSPS) is 17.2. The number of thiocarbonyl (C=S) groups is 1. The van der Waals surface area contributed by atoms with Gasteiger partial charge in [-0.2, -0.15) is 0 Å². The highest BCUT2D eigenvalue weighted by atomic mass is 32.1. The van der Waals surface area contributed by atoms with Crippen LogP contribution in [0.25, 0.3) is 6.08 Å². The Hall–Kier alpha value is -2.08. The summed E-state index contributed by atoms with van der Waals surface area (Å²) in [4.78, 5) is 13.0. The van der Waals surface area contributed by atoms with Crippen LogP contribution in [0.15, 0.2) is 24.0 Å². The van der Waals surface area contributed by atoms with Gasteiger partial charge < -0.3 is 14.6 Å². The highest BCUT2D eigenvalue weighted by Gasteiger charge is 2.29. The molecule has 0 saturated carbocycles. The van der Waals surface area contributed by atoms with Crippen LogP contribution in [0.1, 0.15) is 5.56 Å². The second-order valence-corrected chi connectivity index (χ2v) is 4.02. The van der Waals surface area contributed by atoms with Crippen LogP contribution in [0.3, 0.4) is 0 Å². The summed E-state index contributed by atoms with van der Waals surface area (Å²) in [6, 6.07) is 4.72. The van der Waals surface area contributed by atoms with Crippen LogP contribution in [0.5, 0.6) is 11.5 Å². The van der Waals surface area contributed by atoms with E-state index in [1.807, 2.05) is 0 Å². The highest BCUT2D eigenvalue weighted by Crippen LogP contribution is 2.28. The lowest BCUT2D eigenvalue weighted by Crippen LogP contribution is -2.22. The zero-order valence-electron chi connectivity index (χ0n) is 9.84. The molecule has 0 bridgehead atoms. The molecule has 18 heavy (non-hydrogen) atoms.